The van der Waals surface area contributed by atoms with Gasteiger partial charge in [-0.3, -0.25) is 4.79 Å². The lowest BCUT2D eigenvalue weighted by atomic mass is 10.0. The summed E-state index contributed by atoms with van der Waals surface area (Å²) in [7, 11) is 0. The Kier molecular flexibility index (Phi) is 5.60. The van der Waals surface area contributed by atoms with Crippen molar-refractivity contribution in [2.24, 2.45) is 0 Å². The summed E-state index contributed by atoms with van der Waals surface area (Å²) in [5.41, 5.74) is 2.87. The number of allylic oxidation sites excluding steroid dienone is 1. The summed E-state index contributed by atoms with van der Waals surface area (Å²) in [5, 5.41) is 0.302. The van der Waals surface area contributed by atoms with E-state index in [1.807, 2.05) is 24.3 Å². The van der Waals surface area contributed by atoms with Crippen molar-refractivity contribution in [2.75, 3.05) is 0 Å². The fourth-order valence-electron chi connectivity index (χ4n) is 3.21. The molecule has 4 rings (SSSR count). The summed E-state index contributed by atoms with van der Waals surface area (Å²) in [6.07, 6.45) is 1.73. The molecule has 0 bridgehead atoms. The van der Waals surface area contributed by atoms with Crippen LogP contribution in [0.15, 0.2) is 66.4 Å². The normalized spacial score (nSPS) is 14.2. The second kappa shape index (κ2) is 8.33. The van der Waals surface area contributed by atoms with Gasteiger partial charge >= 0.3 is 0 Å². The van der Waals surface area contributed by atoms with Crippen molar-refractivity contribution < 1.29 is 18.7 Å². The van der Waals surface area contributed by atoms with Gasteiger partial charge in [0, 0.05) is 11.6 Å². The van der Waals surface area contributed by atoms with Crippen LogP contribution in [0.3, 0.4) is 0 Å². The Hall–Kier alpha value is -3.11. The smallest absolute Gasteiger partial charge is 0.231 e. The van der Waals surface area contributed by atoms with Gasteiger partial charge in [-0.1, -0.05) is 55.8 Å². The minimum absolute atomic E-state index is 0.0247. The van der Waals surface area contributed by atoms with Crippen LogP contribution in [-0.2, 0) is 6.61 Å². The Morgan fingerprint density at radius 3 is 2.57 bits per heavy atom. The molecule has 0 radical (unpaired) electrons. The summed E-state index contributed by atoms with van der Waals surface area (Å²) >= 11 is 6.03. The highest BCUT2D eigenvalue weighted by molar-refractivity contribution is 6.31. The minimum atomic E-state index is -0.427. The third-order valence-corrected chi connectivity index (χ3v) is 5.34. The maximum atomic E-state index is 13.9. The van der Waals surface area contributed by atoms with Crippen LogP contribution >= 0.6 is 11.6 Å². The van der Waals surface area contributed by atoms with E-state index in [2.05, 4.69) is 13.8 Å². The molecule has 1 aliphatic rings. The first-order valence-corrected chi connectivity index (χ1v) is 10.0. The summed E-state index contributed by atoms with van der Waals surface area (Å²) < 4.78 is 25.4. The lowest BCUT2D eigenvalue weighted by Crippen LogP contribution is -1.99. The van der Waals surface area contributed by atoms with E-state index >= 15 is 0 Å². The first-order chi connectivity index (χ1) is 14.4. The molecule has 0 saturated heterocycles. The molecule has 30 heavy (non-hydrogen) atoms. The van der Waals surface area contributed by atoms with Crippen molar-refractivity contribution >= 4 is 23.5 Å². The van der Waals surface area contributed by atoms with Crippen LogP contribution in [0.2, 0.25) is 5.02 Å². The molecule has 0 saturated carbocycles. The summed E-state index contributed by atoms with van der Waals surface area (Å²) in [4.78, 5) is 12.7. The lowest BCUT2D eigenvalue weighted by molar-refractivity contribution is 0.101. The number of ketones is 1. The van der Waals surface area contributed by atoms with Crippen LogP contribution in [-0.4, -0.2) is 5.78 Å². The van der Waals surface area contributed by atoms with Gasteiger partial charge in [-0.2, -0.15) is 0 Å². The van der Waals surface area contributed by atoms with E-state index in [9.17, 15) is 9.18 Å². The zero-order valence-electron chi connectivity index (χ0n) is 16.6. The molecule has 0 aliphatic carbocycles. The number of Topliss-reactive ketones (excluding diaryl/α,β-unsaturated/α-hetero) is 1. The Balaban J connectivity index is 1.51. The molecular weight excluding hydrogens is 403 g/mol. The number of carbonyl (C=O) groups excluding carboxylic acids is 1. The van der Waals surface area contributed by atoms with E-state index in [0.717, 1.165) is 5.56 Å². The Morgan fingerprint density at radius 2 is 1.87 bits per heavy atom. The SMILES string of the molecule is CC(C)c1ccc(C=C2Oc3cc(OCc4c(F)cccc4Cl)ccc3C2=O)cc1. The lowest BCUT2D eigenvalue weighted by Gasteiger charge is -2.09. The van der Waals surface area contributed by atoms with E-state index in [-0.39, 0.29) is 23.7 Å². The average molecular weight is 423 g/mol. The van der Waals surface area contributed by atoms with Crippen LogP contribution < -0.4 is 9.47 Å². The van der Waals surface area contributed by atoms with Crippen LogP contribution in [0.4, 0.5) is 4.39 Å². The first kappa shape index (κ1) is 20.2. The molecule has 152 valence electrons. The number of rotatable bonds is 5. The van der Waals surface area contributed by atoms with E-state index < -0.39 is 5.82 Å². The molecule has 5 heteroatoms. The van der Waals surface area contributed by atoms with E-state index in [0.29, 0.717) is 28.0 Å². The van der Waals surface area contributed by atoms with E-state index in [4.69, 9.17) is 21.1 Å². The Labute approximate surface area is 179 Å². The monoisotopic (exact) mass is 422 g/mol. The molecule has 0 N–H and O–H groups in total. The van der Waals surface area contributed by atoms with Crippen LogP contribution in [0, 0.1) is 5.82 Å². The molecule has 0 atom stereocenters. The number of hydrogen-bond donors (Lipinski definition) is 0. The van der Waals surface area contributed by atoms with E-state index in [1.54, 1.807) is 36.4 Å². The molecule has 0 unspecified atom stereocenters. The van der Waals surface area contributed by atoms with Crippen molar-refractivity contribution in [2.45, 2.75) is 26.4 Å². The number of benzene rings is 3. The number of hydrogen-bond acceptors (Lipinski definition) is 3. The number of halogens is 2. The zero-order chi connectivity index (χ0) is 21.3. The largest absolute Gasteiger partial charge is 0.489 e. The van der Waals surface area contributed by atoms with Crippen molar-refractivity contribution in [3.8, 4) is 11.5 Å². The van der Waals surface area contributed by atoms with Gasteiger partial charge in [-0.05, 0) is 47.4 Å². The number of fused-ring (bicyclic) bond motifs is 1. The fourth-order valence-corrected chi connectivity index (χ4v) is 3.43. The number of carbonyl (C=O) groups is 1. The highest BCUT2D eigenvalue weighted by Crippen LogP contribution is 2.35. The molecule has 3 aromatic rings. The summed E-state index contributed by atoms with van der Waals surface area (Å²) in [6, 6.07) is 17.5. The first-order valence-electron chi connectivity index (χ1n) is 9.66. The highest BCUT2D eigenvalue weighted by atomic mass is 35.5. The topological polar surface area (TPSA) is 35.5 Å². The summed E-state index contributed by atoms with van der Waals surface area (Å²) in [6.45, 7) is 4.24. The third-order valence-electron chi connectivity index (χ3n) is 4.99. The number of ether oxygens (including phenoxy) is 2. The molecule has 0 fully saturated rings. The van der Waals surface area contributed by atoms with E-state index in [1.165, 1.54) is 11.6 Å². The van der Waals surface area contributed by atoms with Gasteiger partial charge in [0.1, 0.15) is 23.9 Å². The molecule has 0 spiro atoms. The summed E-state index contributed by atoms with van der Waals surface area (Å²) in [5.74, 6) is 0.977. The molecule has 3 nitrogen and oxygen atoms in total. The second-order valence-electron chi connectivity index (χ2n) is 7.41. The molecule has 1 aliphatic heterocycles. The molecule has 0 aromatic heterocycles. The van der Waals surface area contributed by atoms with Crippen LogP contribution in [0.25, 0.3) is 6.08 Å². The molecule has 1 heterocycles. The van der Waals surface area contributed by atoms with Crippen LogP contribution in [0.1, 0.15) is 46.8 Å². The van der Waals surface area contributed by atoms with Gasteiger partial charge in [0.2, 0.25) is 5.78 Å². The third kappa shape index (κ3) is 4.10. The minimum Gasteiger partial charge on any atom is -0.489 e. The maximum Gasteiger partial charge on any atom is 0.231 e. The van der Waals surface area contributed by atoms with Gasteiger partial charge in [0.25, 0.3) is 0 Å². The Bertz CT molecular complexity index is 1110. The van der Waals surface area contributed by atoms with Crippen molar-refractivity contribution in [1.29, 1.82) is 0 Å². The quantitative estimate of drug-likeness (QED) is 0.424. The highest BCUT2D eigenvalue weighted by Gasteiger charge is 2.27. The Morgan fingerprint density at radius 1 is 1.10 bits per heavy atom. The fraction of sp³-hybridized carbons (Fsp3) is 0.160. The van der Waals surface area contributed by atoms with Crippen LogP contribution in [0.5, 0.6) is 11.5 Å². The van der Waals surface area contributed by atoms with Gasteiger partial charge in [-0.15, -0.1) is 0 Å². The molecular formula is C25H20ClFO3. The van der Waals surface area contributed by atoms with Crippen molar-refractivity contribution in [3.05, 3.63) is 99.5 Å². The molecule has 0 amide bonds. The van der Waals surface area contributed by atoms with Gasteiger partial charge in [0.15, 0.2) is 5.76 Å². The average Bonchev–Trinajstić information content (AvgIpc) is 3.03. The van der Waals surface area contributed by atoms with Crippen molar-refractivity contribution in [1.82, 2.24) is 0 Å². The standard InChI is InChI=1S/C25H20ClFO3/c1-15(2)17-8-6-16(7-9-17)12-24-25(28)19-11-10-18(13-23(19)30-24)29-14-20-21(26)4-3-5-22(20)27/h3-13,15H,14H2,1-2H3. The zero-order valence-corrected chi connectivity index (χ0v) is 17.4. The van der Waals surface area contributed by atoms with Gasteiger partial charge < -0.3 is 9.47 Å². The van der Waals surface area contributed by atoms with Crippen molar-refractivity contribution in [3.63, 3.8) is 0 Å². The predicted molar refractivity (Wildman–Crippen MR) is 116 cm³/mol. The van der Waals surface area contributed by atoms with Gasteiger partial charge in [0.05, 0.1) is 10.6 Å². The predicted octanol–water partition coefficient (Wildman–Crippen LogP) is 6.80. The van der Waals surface area contributed by atoms with Gasteiger partial charge in [-0.25, -0.2) is 4.39 Å². The molecule has 3 aromatic carbocycles. The second-order valence-corrected chi connectivity index (χ2v) is 7.82. The maximum absolute atomic E-state index is 13.9.